The van der Waals surface area contributed by atoms with Gasteiger partial charge in [-0.05, 0) is 72.7 Å². The molecule has 0 aliphatic heterocycles. The lowest BCUT2D eigenvalue weighted by atomic mass is 10.0. The number of unbranched alkanes of at least 4 members (excludes halogenated alkanes) is 1. The Morgan fingerprint density at radius 3 is 2.09 bits per heavy atom. The van der Waals surface area contributed by atoms with Crippen LogP contribution >= 0.6 is 0 Å². The summed E-state index contributed by atoms with van der Waals surface area (Å²) < 4.78 is 31.3. The van der Waals surface area contributed by atoms with Crippen molar-refractivity contribution >= 4 is 11.9 Å². The SMILES string of the molecule is COC(=O)CCCCN(Cc1ccc(C(=O)OC)cc1)C[C@H](OCc1ccc(CCc2ccccc2)cc1F)c1ccccc1. The third kappa shape index (κ3) is 11.0. The number of methoxy groups -OCH3 is 2. The van der Waals surface area contributed by atoms with Crippen LogP contribution in [0.25, 0.3) is 0 Å². The van der Waals surface area contributed by atoms with Crippen molar-refractivity contribution in [3.8, 4) is 0 Å². The van der Waals surface area contributed by atoms with Gasteiger partial charge in [-0.2, -0.15) is 0 Å². The normalized spacial score (nSPS) is 11.7. The topological polar surface area (TPSA) is 65.1 Å². The standard InChI is InChI=1S/C38H42FNO5/c1-43-37(41)15-9-10-24-40(26-31-19-21-33(22-20-31)38(42)44-2)27-36(32-13-7-4-8-14-32)45-28-34-23-18-30(25-35(34)39)17-16-29-11-5-3-6-12-29/h3-8,11-14,18-23,25,36H,9-10,15-17,24,26-28H2,1-2H3/t36-/m0/s1. The van der Waals surface area contributed by atoms with Gasteiger partial charge in [-0.25, -0.2) is 9.18 Å². The Bertz CT molecular complexity index is 1480. The molecule has 4 rings (SSSR count). The molecule has 6 nitrogen and oxygen atoms in total. The maximum absolute atomic E-state index is 15.2. The van der Waals surface area contributed by atoms with Gasteiger partial charge in [0.25, 0.3) is 0 Å². The molecule has 45 heavy (non-hydrogen) atoms. The molecule has 236 valence electrons. The van der Waals surface area contributed by atoms with E-state index in [9.17, 15) is 9.59 Å². The zero-order chi connectivity index (χ0) is 31.9. The number of esters is 2. The van der Waals surface area contributed by atoms with Gasteiger partial charge in [-0.3, -0.25) is 9.69 Å². The number of hydrogen-bond donors (Lipinski definition) is 0. The van der Waals surface area contributed by atoms with Gasteiger partial charge in [-0.15, -0.1) is 0 Å². The number of hydrogen-bond acceptors (Lipinski definition) is 6. The van der Waals surface area contributed by atoms with Crippen molar-refractivity contribution in [1.29, 1.82) is 0 Å². The first-order valence-corrected chi connectivity index (χ1v) is 15.4. The zero-order valence-electron chi connectivity index (χ0n) is 26.1. The summed E-state index contributed by atoms with van der Waals surface area (Å²) in [5, 5.41) is 0. The van der Waals surface area contributed by atoms with E-state index >= 15 is 4.39 Å². The second kappa shape index (κ2) is 17.8. The Morgan fingerprint density at radius 2 is 1.42 bits per heavy atom. The van der Waals surface area contributed by atoms with E-state index in [1.54, 1.807) is 18.2 Å². The van der Waals surface area contributed by atoms with E-state index in [0.29, 0.717) is 43.6 Å². The smallest absolute Gasteiger partial charge is 0.337 e. The van der Waals surface area contributed by atoms with Crippen molar-refractivity contribution in [2.24, 2.45) is 0 Å². The Morgan fingerprint density at radius 1 is 0.756 bits per heavy atom. The Labute approximate surface area is 265 Å². The minimum Gasteiger partial charge on any atom is -0.469 e. The molecule has 4 aromatic rings. The first kappa shape index (κ1) is 33.6. The quantitative estimate of drug-likeness (QED) is 0.0910. The van der Waals surface area contributed by atoms with Crippen molar-refractivity contribution in [3.63, 3.8) is 0 Å². The highest BCUT2D eigenvalue weighted by Gasteiger charge is 2.19. The van der Waals surface area contributed by atoms with Crippen LogP contribution in [0, 0.1) is 5.82 Å². The summed E-state index contributed by atoms with van der Waals surface area (Å²) in [4.78, 5) is 25.8. The Kier molecular flexibility index (Phi) is 13.3. The summed E-state index contributed by atoms with van der Waals surface area (Å²) in [7, 11) is 2.76. The molecule has 0 aromatic heterocycles. The van der Waals surface area contributed by atoms with Crippen molar-refractivity contribution in [2.45, 2.75) is 51.4 Å². The predicted octanol–water partition coefficient (Wildman–Crippen LogP) is 7.50. The van der Waals surface area contributed by atoms with Crippen LogP contribution < -0.4 is 0 Å². The van der Waals surface area contributed by atoms with E-state index in [-0.39, 0.29) is 30.5 Å². The minimum absolute atomic E-state index is 0.133. The van der Waals surface area contributed by atoms with Gasteiger partial charge in [0.05, 0.1) is 32.5 Å². The number of nitrogens with zero attached hydrogens (tertiary/aromatic N) is 1. The van der Waals surface area contributed by atoms with Crippen LogP contribution in [0.2, 0.25) is 0 Å². The molecule has 0 radical (unpaired) electrons. The fourth-order valence-corrected chi connectivity index (χ4v) is 5.21. The van der Waals surface area contributed by atoms with Gasteiger partial charge in [0.1, 0.15) is 5.82 Å². The summed E-state index contributed by atoms with van der Waals surface area (Å²) >= 11 is 0. The molecule has 0 saturated carbocycles. The lowest BCUT2D eigenvalue weighted by molar-refractivity contribution is -0.140. The Balaban J connectivity index is 1.45. The van der Waals surface area contributed by atoms with Crippen LogP contribution in [0.3, 0.4) is 0 Å². The second-order valence-electron chi connectivity index (χ2n) is 11.1. The molecule has 0 saturated heterocycles. The number of halogens is 1. The summed E-state index contributed by atoms with van der Waals surface area (Å²) in [5.41, 5.74) is 5.21. The lowest BCUT2D eigenvalue weighted by Crippen LogP contribution is -2.30. The fourth-order valence-electron chi connectivity index (χ4n) is 5.21. The molecular formula is C38H42FNO5. The molecule has 0 bridgehead atoms. The van der Waals surface area contributed by atoms with Gasteiger partial charge in [0.15, 0.2) is 0 Å². The van der Waals surface area contributed by atoms with E-state index in [2.05, 4.69) is 17.0 Å². The van der Waals surface area contributed by atoms with Crippen LogP contribution in [0.5, 0.6) is 0 Å². The number of aryl methyl sites for hydroxylation is 2. The maximum atomic E-state index is 15.2. The molecule has 1 atom stereocenters. The molecule has 0 fully saturated rings. The van der Waals surface area contributed by atoms with Crippen LogP contribution in [0.1, 0.15) is 63.5 Å². The van der Waals surface area contributed by atoms with Crippen molar-refractivity contribution in [2.75, 3.05) is 27.3 Å². The van der Waals surface area contributed by atoms with E-state index < -0.39 is 0 Å². The highest BCUT2D eigenvalue weighted by molar-refractivity contribution is 5.89. The first-order chi connectivity index (χ1) is 21.9. The average Bonchev–Trinajstić information content (AvgIpc) is 3.08. The molecule has 4 aromatic carbocycles. The summed E-state index contributed by atoms with van der Waals surface area (Å²) in [6, 6.07) is 32.9. The molecule has 0 amide bonds. The third-order valence-electron chi connectivity index (χ3n) is 7.81. The Hall–Kier alpha value is -4.33. The largest absolute Gasteiger partial charge is 0.469 e. The molecule has 0 unspecified atom stereocenters. The van der Waals surface area contributed by atoms with Crippen molar-refractivity contribution in [3.05, 3.63) is 142 Å². The molecule has 0 N–H and O–H groups in total. The number of rotatable bonds is 17. The van der Waals surface area contributed by atoms with Gasteiger partial charge in [0, 0.05) is 25.1 Å². The molecule has 0 spiro atoms. The van der Waals surface area contributed by atoms with Crippen LogP contribution in [-0.2, 0) is 45.0 Å². The average molecular weight is 612 g/mol. The van der Waals surface area contributed by atoms with E-state index in [1.165, 1.54) is 19.8 Å². The van der Waals surface area contributed by atoms with Crippen LogP contribution in [0.15, 0.2) is 103 Å². The summed E-state index contributed by atoms with van der Waals surface area (Å²) in [6.07, 6.45) is 3.14. The minimum atomic E-state index is -0.379. The van der Waals surface area contributed by atoms with Crippen molar-refractivity contribution < 1.29 is 28.2 Å². The lowest BCUT2D eigenvalue weighted by Gasteiger charge is -2.28. The summed E-state index contributed by atoms with van der Waals surface area (Å²) in [6.45, 7) is 2.01. The number of carbonyl (C=O) groups excluding carboxylic acids is 2. The fraction of sp³-hybridized carbons (Fsp3) is 0.316. The maximum Gasteiger partial charge on any atom is 0.337 e. The van der Waals surface area contributed by atoms with Crippen LogP contribution in [0.4, 0.5) is 4.39 Å². The molecule has 0 aliphatic carbocycles. The van der Waals surface area contributed by atoms with E-state index in [0.717, 1.165) is 36.0 Å². The van der Waals surface area contributed by atoms with E-state index in [1.807, 2.05) is 72.8 Å². The van der Waals surface area contributed by atoms with Crippen molar-refractivity contribution in [1.82, 2.24) is 4.90 Å². The zero-order valence-corrected chi connectivity index (χ0v) is 26.1. The van der Waals surface area contributed by atoms with Gasteiger partial charge in [-0.1, -0.05) is 84.9 Å². The number of benzene rings is 4. The highest BCUT2D eigenvalue weighted by atomic mass is 19.1. The second-order valence-corrected chi connectivity index (χ2v) is 11.1. The molecule has 7 heteroatoms. The first-order valence-electron chi connectivity index (χ1n) is 15.4. The number of ether oxygens (including phenoxy) is 3. The van der Waals surface area contributed by atoms with Crippen LogP contribution in [-0.4, -0.2) is 44.1 Å². The monoisotopic (exact) mass is 611 g/mol. The van der Waals surface area contributed by atoms with Gasteiger partial charge in [0.2, 0.25) is 0 Å². The highest BCUT2D eigenvalue weighted by Crippen LogP contribution is 2.24. The molecule has 0 aliphatic rings. The molecular weight excluding hydrogens is 569 g/mol. The van der Waals surface area contributed by atoms with Gasteiger partial charge >= 0.3 is 11.9 Å². The number of carbonyl (C=O) groups is 2. The van der Waals surface area contributed by atoms with Gasteiger partial charge < -0.3 is 14.2 Å². The predicted molar refractivity (Wildman–Crippen MR) is 173 cm³/mol. The third-order valence-corrected chi connectivity index (χ3v) is 7.81. The van der Waals surface area contributed by atoms with E-state index in [4.69, 9.17) is 14.2 Å². The summed E-state index contributed by atoms with van der Waals surface area (Å²) in [5.74, 6) is -0.869. The molecule has 0 heterocycles.